The number of fused-ring (bicyclic) bond motifs is 10. The number of benzene rings is 7. The molecule has 4 aromatic heterocycles. The number of allylic oxidation sites excluding steroid dienone is 1. The van der Waals surface area contributed by atoms with Crippen LogP contribution in [-0.2, 0) is 6.42 Å². The SMILES string of the molecule is C1=C(c2nc(-c3ccc4ccccc4c3)nc(-c3ccc(-c4cccc5oc6ccccc6c45)c4oc5ccccc5c34)n2)c2sc3ccccc3c2CC1. The number of nitrogens with zero attached hydrogens (tertiary/aromatic N) is 3. The molecule has 0 bridgehead atoms. The van der Waals surface area contributed by atoms with E-state index in [-0.39, 0.29) is 0 Å². The highest BCUT2D eigenvalue weighted by atomic mass is 32.1. The largest absolute Gasteiger partial charge is 0.456 e. The second-order valence-corrected chi connectivity index (χ2v) is 15.2. The second kappa shape index (κ2) is 11.8. The number of furan rings is 2. The van der Waals surface area contributed by atoms with Crippen LogP contribution in [0.1, 0.15) is 22.7 Å². The van der Waals surface area contributed by atoms with Crippen LogP contribution in [-0.4, -0.2) is 15.0 Å². The Kier molecular flexibility index (Phi) is 6.56. The van der Waals surface area contributed by atoms with Gasteiger partial charge in [0, 0.05) is 53.4 Å². The molecule has 0 saturated heterocycles. The molecule has 1 aliphatic carbocycles. The van der Waals surface area contributed by atoms with Gasteiger partial charge in [0.15, 0.2) is 17.5 Å². The van der Waals surface area contributed by atoms with Crippen molar-refractivity contribution in [1.29, 1.82) is 0 Å². The molecule has 0 N–H and O–H groups in total. The van der Waals surface area contributed by atoms with E-state index >= 15 is 0 Å². The number of para-hydroxylation sites is 2. The van der Waals surface area contributed by atoms with Gasteiger partial charge in [-0.15, -0.1) is 11.3 Å². The summed E-state index contributed by atoms with van der Waals surface area (Å²) in [7, 11) is 0. The van der Waals surface area contributed by atoms with Gasteiger partial charge in [-0.25, -0.2) is 15.0 Å². The van der Waals surface area contributed by atoms with Crippen LogP contribution in [0.15, 0.2) is 161 Å². The zero-order chi connectivity index (χ0) is 36.0. The maximum Gasteiger partial charge on any atom is 0.165 e. The van der Waals surface area contributed by atoms with Crippen molar-refractivity contribution < 1.29 is 8.83 Å². The van der Waals surface area contributed by atoms with Gasteiger partial charge in [-0.1, -0.05) is 109 Å². The topological polar surface area (TPSA) is 65.0 Å². The third-order valence-corrected chi connectivity index (χ3v) is 12.3. The molecular formula is C49H29N3O2S. The van der Waals surface area contributed by atoms with Crippen LogP contribution >= 0.6 is 11.3 Å². The van der Waals surface area contributed by atoms with Gasteiger partial charge < -0.3 is 8.83 Å². The van der Waals surface area contributed by atoms with Crippen LogP contribution < -0.4 is 0 Å². The van der Waals surface area contributed by atoms with Crippen molar-refractivity contribution in [2.75, 3.05) is 0 Å². The minimum Gasteiger partial charge on any atom is -0.456 e. The molecule has 0 radical (unpaired) electrons. The molecule has 0 fully saturated rings. The molecule has 12 rings (SSSR count). The fraction of sp³-hybridized carbons (Fsp3) is 0.0408. The molecule has 0 amide bonds. The van der Waals surface area contributed by atoms with Crippen molar-refractivity contribution in [3.05, 3.63) is 168 Å². The fourth-order valence-electron chi connectivity index (χ4n) is 8.51. The van der Waals surface area contributed by atoms with E-state index < -0.39 is 0 Å². The minimum absolute atomic E-state index is 0.609. The van der Waals surface area contributed by atoms with Crippen LogP contribution in [0.2, 0.25) is 0 Å². The quantitative estimate of drug-likeness (QED) is 0.181. The number of thiophene rings is 1. The van der Waals surface area contributed by atoms with E-state index in [1.54, 1.807) is 0 Å². The summed E-state index contributed by atoms with van der Waals surface area (Å²) in [4.78, 5) is 17.2. The summed E-state index contributed by atoms with van der Waals surface area (Å²) in [5.74, 6) is 1.93. The molecule has 5 nitrogen and oxygen atoms in total. The molecule has 7 aromatic carbocycles. The highest BCUT2D eigenvalue weighted by Gasteiger charge is 2.26. The molecule has 0 atom stereocenters. The zero-order valence-electron chi connectivity index (χ0n) is 29.4. The summed E-state index contributed by atoms with van der Waals surface area (Å²) >= 11 is 1.82. The Bertz CT molecular complexity index is 3400. The number of hydrogen-bond donors (Lipinski definition) is 0. The van der Waals surface area contributed by atoms with Crippen molar-refractivity contribution in [2.45, 2.75) is 12.8 Å². The predicted molar refractivity (Wildman–Crippen MR) is 225 cm³/mol. The van der Waals surface area contributed by atoms with Gasteiger partial charge in [0.1, 0.15) is 22.3 Å². The van der Waals surface area contributed by atoms with Crippen molar-refractivity contribution in [3.63, 3.8) is 0 Å². The normalized spacial score (nSPS) is 13.1. The number of rotatable bonds is 4. The van der Waals surface area contributed by atoms with E-state index in [0.717, 1.165) is 89.9 Å². The maximum atomic E-state index is 6.82. The Morgan fingerprint density at radius 1 is 0.491 bits per heavy atom. The lowest BCUT2D eigenvalue weighted by atomic mass is 9.94. The van der Waals surface area contributed by atoms with Crippen molar-refractivity contribution in [2.24, 2.45) is 0 Å². The molecular weight excluding hydrogens is 695 g/mol. The standard InChI is InChI=1S/C49H29N3O2S/c1-2-12-29-27-30(24-23-28(29)11-1)47-50-48(52-49(51-47)38-18-9-17-34-31-13-5-8-22-42(31)55-46(34)38)37-26-25-33(45-44(37)36-15-4-7-20-40(36)54-45)32-16-10-21-41-43(32)35-14-3-6-19-39(35)53-41/h1-8,10-16,18-27H,9,17H2. The molecule has 1 aliphatic rings. The Balaban J connectivity index is 1.13. The Labute approximate surface area is 318 Å². The van der Waals surface area contributed by atoms with Gasteiger partial charge in [0.25, 0.3) is 0 Å². The first kappa shape index (κ1) is 30.6. The number of hydrogen-bond acceptors (Lipinski definition) is 6. The Hall–Kier alpha value is -6.89. The lowest BCUT2D eigenvalue weighted by Crippen LogP contribution is -2.06. The first-order valence-corrected chi connectivity index (χ1v) is 19.4. The van der Waals surface area contributed by atoms with Crippen LogP contribution in [0.4, 0.5) is 0 Å². The lowest BCUT2D eigenvalue weighted by molar-refractivity contribution is 0.668. The Morgan fingerprint density at radius 3 is 2.07 bits per heavy atom. The Morgan fingerprint density at radius 2 is 1.18 bits per heavy atom. The third-order valence-electron chi connectivity index (χ3n) is 11.0. The highest BCUT2D eigenvalue weighted by Crippen LogP contribution is 2.46. The molecule has 11 aromatic rings. The van der Waals surface area contributed by atoms with Crippen LogP contribution in [0, 0.1) is 0 Å². The van der Waals surface area contributed by atoms with Crippen molar-refractivity contribution >= 4 is 81.6 Å². The van der Waals surface area contributed by atoms with E-state index in [9.17, 15) is 0 Å². The summed E-state index contributed by atoms with van der Waals surface area (Å²) in [6.07, 6.45) is 4.23. The summed E-state index contributed by atoms with van der Waals surface area (Å²) in [5.41, 5.74) is 9.62. The summed E-state index contributed by atoms with van der Waals surface area (Å²) in [5, 5.41) is 7.76. The summed E-state index contributed by atoms with van der Waals surface area (Å²) in [6.45, 7) is 0. The van der Waals surface area contributed by atoms with E-state index in [2.05, 4.69) is 121 Å². The van der Waals surface area contributed by atoms with Gasteiger partial charge >= 0.3 is 0 Å². The average molecular weight is 724 g/mol. The van der Waals surface area contributed by atoms with Gasteiger partial charge in [0.2, 0.25) is 0 Å². The lowest BCUT2D eigenvalue weighted by Gasteiger charge is -2.15. The smallest absolute Gasteiger partial charge is 0.165 e. The van der Waals surface area contributed by atoms with E-state index in [4.69, 9.17) is 23.8 Å². The molecule has 4 heterocycles. The molecule has 6 heteroatoms. The van der Waals surface area contributed by atoms with E-state index in [1.807, 2.05) is 41.7 Å². The molecule has 0 saturated carbocycles. The van der Waals surface area contributed by atoms with Crippen molar-refractivity contribution in [3.8, 4) is 33.9 Å². The maximum absolute atomic E-state index is 6.82. The highest BCUT2D eigenvalue weighted by molar-refractivity contribution is 7.20. The fourth-order valence-corrected chi connectivity index (χ4v) is 9.80. The zero-order valence-corrected chi connectivity index (χ0v) is 30.2. The third kappa shape index (κ3) is 4.68. The van der Waals surface area contributed by atoms with E-state index in [1.165, 1.54) is 25.9 Å². The molecule has 258 valence electrons. The average Bonchev–Trinajstić information content (AvgIpc) is 3.95. The number of aromatic nitrogens is 3. The van der Waals surface area contributed by atoms with E-state index in [0.29, 0.717) is 17.5 Å². The van der Waals surface area contributed by atoms with Crippen LogP contribution in [0.5, 0.6) is 0 Å². The summed E-state index contributed by atoms with van der Waals surface area (Å²) < 4.78 is 14.4. The molecule has 0 aliphatic heterocycles. The van der Waals surface area contributed by atoms with Crippen LogP contribution in [0.25, 0.3) is 104 Å². The minimum atomic E-state index is 0.609. The van der Waals surface area contributed by atoms with Crippen LogP contribution in [0.3, 0.4) is 0 Å². The first-order chi connectivity index (χ1) is 27.2. The van der Waals surface area contributed by atoms with Gasteiger partial charge in [-0.05, 0) is 82.6 Å². The predicted octanol–water partition coefficient (Wildman–Crippen LogP) is 13.4. The molecule has 55 heavy (non-hydrogen) atoms. The first-order valence-electron chi connectivity index (χ1n) is 18.6. The molecule has 0 spiro atoms. The second-order valence-electron chi connectivity index (χ2n) is 14.2. The summed E-state index contributed by atoms with van der Waals surface area (Å²) in [6, 6.07) is 50.6. The van der Waals surface area contributed by atoms with Gasteiger partial charge in [-0.2, -0.15) is 0 Å². The number of aryl methyl sites for hydroxylation is 1. The van der Waals surface area contributed by atoms with Gasteiger partial charge in [0.05, 0.1) is 0 Å². The van der Waals surface area contributed by atoms with Gasteiger partial charge in [-0.3, -0.25) is 0 Å². The van der Waals surface area contributed by atoms with Crippen molar-refractivity contribution in [1.82, 2.24) is 15.0 Å². The molecule has 0 unspecified atom stereocenters. The monoisotopic (exact) mass is 723 g/mol.